The second kappa shape index (κ2) is 4.45. The van der Waals surface area contributed by atoms with Crippen LogP contribution in [0.3, 0.4) is 0 Å². The van der Waals surface area contributed by atoms with Crippen LogP contribution >= 0.6 is 0 Å². The van der Waals surface area contributed by atoms with E-state index in [0.717, 1.165) is 12.8 Å². The van der Waals surface area contributed by atoms with Crippen molar-refractivity contribution < 1.29 is 0 Å². The van der Waals surface area contributed by atoms with Gasteiger partial charge >= 0.3 is 0 Å². The van der Waals surface area contributed by atoms with Crippen LogP contribution in [0.2, 0.25) is 0 Å². The third kappa shape index (κ3) is 1.77. The van der Waals surface area contributed by atoms with Gasteiger partial charge in [0.1, 0.15) is 0 Å². The molecule has 0 spiro atoms. The van der Waals surface area contributed by atoms with Crippen molar-refractivity contribution in [2.45, 2.75) is 12.8 Å². The molecule has 104 valence electrons. The quantitative estimate of drug-likeness (QED) is 0.352. The molecule has 0 saturated carbocycles. The second-order valence-electron chi connectivity index (χ2n) is 6.29. The zero-order chi connectivity index (χ0) is 14.5. The summed E-state index contributed by atoms with van der Waals surface area (Å²) in [7, 11) is 0. The van der Waals surface area contributed by atoms with E-state index in [1.165, 1.54) is 43.8 Å². The lowest BCUT2D eigenvalue weighted by atomic mass is 9.83. The van der Waals surface area contributed by atoms with Gasteiger partial charge < -0.3 is 0 Å². The van der Waals surface area contributed by atoms with Crippen LogP contribution < -0.4 is 0 Å². The summed E-state index contributed by atoms with van der Waals surface area (Å²) in [5, 5.41) is 5.41. The van der Waals surface area contributed by atoms with Gasteiger partial charge in [0.25, 0.3) is 0 Å². The van der Waals surface area contributed by atoms with Crippen molar-refractivity contribution >= 4 is 21.5 Å². The summed E-state index contributed by atoms with van der Waals surface area (Å²) in [5.41, 5.74) is 5.95. The van der Waals surface area contributed by atoms with Crippen LogP contribution in [0, 0.1) is 0 Å². The minimum atomic E-state index is 1.06. The molecule has 0 amide bonds. The fourth-order valence-corrected chi connectivity index (χ4v) is 3.74. The van der Waals surface area contributed by atoms with Gasteiger partial charge in [-0.25, -0.2) is 0 Å². The summed E-state index contributed by atoms with van der Waals surface area (Å²) < 4.78 is 0. The van der Waals surface area contributed by atoms with Gasteiger partial charge in [-0.3, -0.25) is 0 Å². The van der Waals surface area contributed by atoms with E-state index < -0.39 is 0 Å². The van der Waals surface area contributed by atoms with Crippen molar-refractivity contribution in [1.29, 1.82) is 0 Å². The van der Waals surface area contributed by atoms with Crippen molar-refractivity contribution in [2.75, 3.05) is 0 Å². The molecule has 0 heterocycles. The predicted molar refractivity (Wildman–Crippen MR) is 93.5 cm³/mol. The first-order valence-corrected chi connectivity index (χ1v) is 7.88. The maximum absolute atomic E-state index is 2.38. The zero-order valence-electron chi connectivity index (χ0n) is 12.3. The first-order valence-electron chi connectivity index (χ1n) is 7.88. The van der Waals surface area contributed by atoms with Gasteiger partial charge in [0.15, 0.2) is 0 Å². The molecule has 0 bridgehead atoms. The second-order valence-corrected chi connectivity index (χ2v) is 6.29. The van der Waals surface area contributed by atoms with Gasteiger partial charge in [0.2, 0.25) is 0 Å². The van der Waals surface area contributed by atoms with E-state index in [2.05, 4.69) is 72.8 Å². The third-order valence-electron chi connectivity index (χ3n) is 4.90. The molecule has 0 aliphatic heterocycles. The van der Waals surface area contributed by atoms with Gasteiger partial charge in [-0.05, 0) is 56.6 Å². The van der Waals surface area contributed by atoms with Crippen LogP contribution in [-0.2, 0) is 12.8 Å². The fraction of sp³-hybridized carbons (Fsp3) is 0.0909. The van der Waals surface area contributed by atoms with Crippen molar-refractivity contribution in [3.05, 3.63) is 95.1 Å². The zero-order valence-corrected chi connectivity index (χ0v) is 12.3. The highest BCUT2D eigenvalue weighted by atomic mass is 14.2. The average Bonchev–Trinajstić information content (AvgIpc) is 2.56. The number of hydrogen-bond donors (Lipinski definition) is 0. The van der Waals surface area contributed by atoms with Crippen LogP contribution in [0.1, 0.15) is 22.3 Å². The molecule has 0 atom stereocenters. The Morgan fingerprint density at radius 3 is 0.955 bits per heavy atom. The Balaban J connectivity index is 1.71. The molecule has 1 aliphatic carbocycles. The Hall–Kier alpha value is -2.60. The van der Waals surface area contributed by atoms with Gasteiger partial charge in [0, 0.05) is 0 Å². The lowest BCUT2D eigenvalue weighted by Gasteiger charge is -2.21. The summed E-state index contributed by atoms with van der Waals surface area (Å²) in [6, 6.07) is 26.9. The smallest absolute Gasteiger partial charge is 0.00196 e. The predicted octanol–water partition coefficient (Wildman–Crippen LogP) is 5.49. The van der Waals surface area contributed by atoms with E-state index in [-0.39, 0.29) is 0 Å². The van der Waals surface area contributed by atoms with Crippen molar-refractivity contribution in [1.82, 2.24) is 0 Å². The largest absolute Gasteiger partial charge is 0.0616 e. The van der Waals surface area contributed by atoms with Gasteiger partial charge in [0.05, 0.1) is 0 Å². The molecule has 22 heavy (non-hydrogen) atoms. The highest BCUT2D eigenvalue weighted by Gasteiger charge is 2.16. The first-order chi connectivity index (χ1) is 10.9. The first kappa shape index (κ1) is 12.0. The molecule has 0 fully saturated rings. The number of hydrogen-bond acceptors (Lipinski definition) is 0. The van der Waals surface area contributed by atoms with Crippen LogP contribution in [0.25, 0.3) is 21.5 Å². The van der Waals surface area contributed by atoms with E-state index >= 15 is 0 Å². The summed E-state index contributed by atoms with van der Waals surface area (Å²) in [6.45, 7) is 0. The van der Waals surface area contributed by atoms with Gasteiger partial charge in [-0.1, -0.05) is 72.8 Å². The maximum Gasteiger partial charge on any atom is -0.00196 e. The standard InChI is InChI=1S/C22H16/c1-2-6-16-10-20-14-22-12-18-8-4-3-7-17(18)11-21(22)13-19(20)9-15(16)5-1/h1-12H,13-14H2. The van der Waals surface area contributed by atoms with E-state index in [1.54, 1.807) is 0 Å². The molecule has 1 aliphatic rings. The van der Waals surface area contributed by atoms with Crippen LogP contribution in [0.15, 0.2) is 72.8 Å². The fourth-order valence-electron chi connectivity index (χ4n) is 3.74. The summed E-state index contributed by atoms with van der Waals surface area (Å²) in [5.74, 6) is 0. The number of rotatable bonds is 0. The molecular formula is C22H16. The van der Waals surface area contributed by atoms with E-state index in [1.807, 2.05) is 0 Å². The number of benzene rings is 4. The summed E-state index contributed by atoms with van der Waals surface area (Å²) in [6.07, 6.45) is 2.11. The Morgan fingerprint density at radius 1 is 0.409 bits per heavy atom. The van der Waals surface area contributed by atoms with Crippen molar-refractivity contribution in [2.24, 2.45) is 0 Å². The minimum absolute atomic E-state index is 1.06. The molecule has 0 nitrogen and oxygen atoms in total. The van der Waals surface area contributed by atoms with Gasteiger partial charge in [-0.15, -0.1) is 0 Å². The van der Waals surface area contributed by atoms with E-state index in [4.69, 9.17) is 0 Å². The number of fused-ring (bicyclic) bond motifs is 4. The molecule has 0 saturated heterocycles. The van der Waals surface area contributed by atoms with Crippen molar-refractivity contribution in [3.8, 4) is 0 Å². The molecular weight excluding hydrogens is 264 g/mol. The Labute approximate surface area is 130 Å². The van der Waals surface area contributed by atoms with E-state index in [0.29, 0.717) is 0 Å². The lowest BCUT2D eigenvalue weighted by Crippen LogP contribution is -2.07. The monoisotopic (exact) mass is 280 g/mol. The Morgan fingerprint density at radius 2 is 0.682 bits per heavy atom. The molecule has 5 rings (SSSR count). The third-order valence-corrected chi connectivity index (χ3v) is 4.90. The topological polar surface area (TPSA) is 0 Å². The summed E-state index contributed by atoms with van der Waals surface area (Å²) in [4.78, 5) is 0. The maximum atomic E-state index is 2.38. The van der Waals surface area contributed by atoms with E-state index in [9.17, 15) is 0 Å². The molecule has 0 aromatic heterocycles. The molecule has 0 N–H and O–H groups in total. The minimum Gasteiger partial charge on any atom is -0.0616 e. The van der Waals surface area contributed by atoms with Crippen LogP contribution in [0.5, 0.6) is 0 Å². The van der Waals surface area contributed by atoms with Crippen LogP contribution in [0.4, 0.5) is 0 Å². The highest BCUT2D eigenvalue weighted by molar-refractivity contribution is 5.87. The van der Waals surface area contributed by atoms with Crippen molar-refractivity contribution in [3.63, 3.8) is 0 Å². The summed E-state index contributed by atoms with van der Waals surface area (Å²) >= 11 is 0. The Kier molecular flexibility index (Phi) is 2.42. The lowest BCUT2D eigenvalue weighted by molar-refractivity contribution is 1.01. The molecule has 4 aromatic carbocycles. The Bertz CT molecular complexity index is 858. The molecule has 0 unspecified atom stereocenters. The molecule has 0 heteroatoms. The SMILES string of the molecule is c1ccc2cc3c(cc2c1)Cc1cc2ccccc2cc1C3. The normalized spacial score (nSPS) is 13.1. The van der Waals surface area contributed by atoms with Gasteiger partial charge in [-0.2, -0.15) is 0 Å². The highest BCUT2D eigenvalue weighted by Crippen LogP contribution is 2.32. The van der Waals surface area contributed by atoms with Crippen LogP contribution in [-0.4, -0.2) is 0 Å². The average molecular weight is 280 g/mol. The molecule has 0 radical (unpaired) electrons. The molecule has 4 aromatic rings.